The summed E-state index contributed by atoms with van der Waals surface area (Å²) in [7, 11) is 0. The van der Waals surface area contributed by atoms with Crippen LogP contribution in [0.25, 0.3) is 0 Å². The molecule has 3 aromatic rings. The minimum absolute atomic E-state index is 0.551. The molecule has 0 fully saturated rings. The van der Waals surface area contributed by atoms with E-state index in [2.05, 4.69) is 102 Å². The third-order valence-corrected chi connectivity index (χ3v) is 4.69. The third-order valence-electron chi connectivity index (χ3n) is 4.69. The standard InChI is InChI=1S/C22H29N5/c1-15(2)19-9-5-17(6-10-19)13-23-21-25-22(27-26-21)24-14-18-7-11-20(12-8-18)16(3)4/h5-12,15-16H,13-14H2,1-4H3,(H3,23,24,25,26,27). The molecule has 0 aliphatic carbocycles. The Kier molecular flexibility index (Phi) is 6.12. The molecule has 27 heavy (non-hydrogen) atoms. The Morgan fingerprint density at radius 1 is 0.741 bits per heavy atom. The number of anilines is 2. The number of hydrogen-bond acceptors (Lipinski definition) is 4. The van der Waals surface area contributed by atoms with Gasteiger partial charge in [0.25, 0.3) is 0 Å². The van der Waals surface area contributed by atoms with Crippen molar-refractivity contribution in [2.45, 2.75) is 52.6 Å². The van der Waals surface area contributed by atoms with Crippen LogP contribution in [0, 0.1) is 0 Å². The predicted molar refractivity (Wildman–Crippen MR) is 112 cm³/mol. The van der Waals surface area contributed by atoms with E-state index in [1.165, 1.54) is 22.3 Å². The second kappa shape index (κ2) is 8.71. The van der Waals surface area contributed by atoms with E-state index in [1.54, 1.807) is 0 Å². The van der Waals surface area contributed by atoms with Gasteiger partial charge in [-0.25, -0.2) is 5.10 Å². The monoisotopic (exact) mass is 363 g/mol. The van der Waals surface area contributed by atoms with Crippen LogP contribution in [-0.2, 0) is 13.1 Å². The molecule has 0 radical (unpaired) electrons. The highest BCUT2D eigenvalue weighted by Crippen LogP contribution is 2.16. The minimum Gasteiger partial charge on any atom is -0.350 e. The van der Waals surface area contributed by atoms with Crippen molar-refractivity contribution >= 4 is 11.9 Å². The van der Waals surface area contributed by atoms with Gasteiger partial charge in [-0.2, -0.15) is 4.98 Å². The first kappa shape index (κ1) is 19.0. The molecule has 0 saturated carbocycles. The van der Waals surface area contributed by atoms with Gasteiger partial charge in [-0.15, -0.1) is 5.10 Å². The van der Waals surface area contributed by atoms with E-state index < -0.39 is 0 Å². The normalized spacial score (nSPS) is 11.2. The molecule has 142 valence electrons. The van der Waals surface area contributed by atoms with Crippen LogP contribution in [-0.4, -0.2) is 15.2 Å². The number of hydrogen-bond donors (Lipinski definition) is 3. The molecule has 0 atom stereocenters. The van der Waals surface area contributed by atoms with E-state index in [9.17, 15) is 0 Å². The van der Waals surface area contributed by atoms with Crippen LogP contribution in [0.2, 0.25) is 0 Å². The lowest BCUT2D eigenvalue weighted by atomic mass is 10.0. The summed E-state index contributed by atoms with van der Waals surface area (Å²) >= 11 is 0. The first-order valence-electron chi connectivity index (χ1n) is 9.59. The molecular weight excluding hydrogens is 334 g/mol. The van der Waals surface area contributed by atoms with Gasteiger partial charge in [0.15, 0.2) is 0 Å². The van der Waals surface area contributed by atoms with Crippen LogP contribution in [0.4, 0.5) is 11.9 Å². The lowest BCUT2D eigenvalue weighted by Gasteiger charge is -2.07. The molecule has 0 bridgehead atoms. The van der Waals surface area contributed by atoms with Crippen molar-refractivity contribution in [2.24, 2.45) is 0 Å². The van der Waals surface area contributed by atoms with Crippen molar-refractivity contribution in [3.8, 4) is 0 Å². The molecule has 1 heterocycles. The van der Waals surface area contributed by atoms with Crippen molar-refractivity contribution in [2.75, 3.05) is 10.6 Å². The molecule has 3 rings (SSSR count). The zero-order valence-corrected chi connectivity index (χ0v) is 16.6. The molecule has 3 N–H and O–H groups in total. The van der Waals surface area contributed by atoms with Crippen molar-refractivity contribution in [1.82, 2.24) is 15.2 Å². The Hall–Kier alpha value is -2.82. The van der Waals surface area contributed by atoms with Gasteiger partial charge in [0.1, 0.15) is 0 Å². The van der Waals surface area contributed by atoms with Gasteiger partial charge in [-0.1, -0.05) is 76.2 Å². The highest BCUT2D eigenvalue weighted by atomic mass is 15.3. The van der Waals surface area contributed by atoms with Crippen LogP contribution in [0.3, 0.4) is 0 Å². The number of rotatable bonds is 8. The average molecular weight is 364 g/mol. The first-order valence-corrected chi connectivity index (χ1v) is 9.59. The molecule has 5 heteroatoms. The first-order chi connectivity index (χ1) is 13.0. The van der Waals surface area contributed by atoms with Crippen LogP contribution in [0.1, 0.15) is 61.8 Å². The minimum atomic E-state index is 0.551. The van der Waals surface area contributed by atoms with Gasteiger partial charge >= 0.3 is 0 Å². The van der Waals surface area contributed by atoms with Gasteiger partial charge in [0.05, 0.1) is 0 Å². The molecule has 2 aromatic carbocycles. The van der Waals surface area contributed by atoms with E-state index >= 15 is 0 Å². The van der Waals surface area contributed by atoms with Crippen LogP contribution in [0.5, 0.6) is 0 Å². The van der Waals surface area contributed by atoms with E-state index in [0.717, 1.165) is 0 Å². The molecule has 0 spiro atoms. The van der Waals surface area contributed by atoms with Crippen molar-refractivity contribution in [3.63, 3.8) is 0 Å². The van der Waals surface area contributed by atoms with E-state index in [-0.39, 0.29) is 0 Å². The summed E-state index contributed by atoms with van der Waals surface area (Å²) in [6.07, 6.45) is 0. The molecule has 1 aromatic heterocycles. The molecular formula is C22H29N5. The van der Waals surface area contributed by atoms with E-state index in [0.29, 0.717) is 36.8 Å². The fourth-order valence-electron chi connectivity index (χ4n) is 2.83. The maximum absolute atomic E-state index is 4.44. The smallest absolute Gasteiger partial charge is 0.243 e. The van der Waals surface area contributed by atoms with Gasteiger partial charge in [-0.05, 0) is 34.1 Å². The highest BCUT2D eigenvalue weighted by Gasteiger charge is 2.04. The summed E-state index contributed by atoms with van der Waals surface area (Å²) in [4.78, 5) is 4.44. The zero-order valence-electron chi connectivity index (χ0n) is 16.6. The summed E-state index contributed by atoms with van der Waals surface area (Å²) < 4.78 is 0. The molecule has 0 amide bonds. The zero-order chi connectivity index (χ0) is 19.2. The van der Waals surface area contributed by atoms with Crippen molar-refractivity contribution in [1.29, 1.82) is 0 Å². The summed E-state index contributed by atoms with van der Waals surface area (Å²) in [6, 6.07) is 17.3. The number of H-pyrrole nitrogens is 1. The Bertz CT molecular complexity index is 762. The fraction of sp³-hybridized carbons (Fsp3) is 0.364. The molecule has 0 aliphatic rings. The summed E-state index contributed by atoms with van der Waals surface area (Å²) in [5.41, 5.74) is 5.13. The number of nitrogens with zero attached hydrogens (tertiary/aromatic N) is 2. The predicted octanol–water partition coefficient (Wildman–Crippen LogP) is 5.28. The van der Waals surface area contributed by atoms with Gasteiger partial charge in [0.2, 0.25) is 11.9 Å². The quantitative estimate of drug-likeness (QED) is 0.510. The van der Waals surface area contributed by atoms with Crippen molar-refractivity contribution < 1.29 is 0 Å². The SMILES string of the molecule is CC(C)c1ccc(CNc2n[nH]c(NCc3ccc(C(C)C)cc3)n2)cc1. The van der Waals surface area contributed by atoms with Gasteiger partial charge in [-0.3, -0.25) is 0 Å². The van der Waals surface area contributed by atoms with Crippen LogP contribution >= 0.6 is 0 Å². The number of nitrogens with one attached hydrogen (secondary N) is 3. The number of aromatic nitrogens is 3. The lowest BCUT2D eigenvalue weighted by Crippen LogP contribution is -2.03. The molecule has 0 aliphatic heterocycles. The molecule has 0 saturated heterocycles. The number of aromatic amines is 1. The maximum atomic E-state index is 4.44. The number of benzene rings is 2. The van der Waals surface area contributed by atoms with Crippen molar-refractivity contribution in [3.05, 3.63) is 70.8 Å². The average Bonchev–Trinajstić information content (AvgIpc) is 3.13. The molecule has 5 nitrogen and oxygen atoms in total. The maximum Gasteiger partial charge on any atom is 0.243 e. The van der Waals surface area contributed by atoms with E-state index in [4.69, 9.17) is 0 Å². The third kappa shape index (κ3) is 5.33. The summed E-state index contributed by atoms with van der Waals surface area (Å²) in [5, 5.41) is 13.7. The lowest BCUT2D eigenvalue weighted by molar-refractivity contribution is 0.865. The van der Waals surface area contributed by atoms with Crippen LogP contribution < -0.4 is 10.6 Å². The van der Waals surface area contributed by atoms with Gasteiger partial charge < -0.3 is 10.6 Å². The topological polar surface area (TPSA) is 65.6 Å². The largest absolute Gasteiger partial charge is 0.350 e. The Balaban J connectivity index is 1.49. The fourth-order valence-corrected chi connectivity index (χ4v) is 2.83. The highest BCUT2D eigenvalue weighted by molar-refractivity contribution is 5.36. The van der Waals surface area contributed by atoms with E-state index in [1.807, 2.05) is 0 Å². The molecule has 0 unspecified atom stereocenters. The Morgan fingerprint density at radius 2 is 1.22 bits per heavy atom. The van der Waals surface area contributed by atoms with Gasteiger partial charge in [0, 0.05) is 13.1 Å². The summed E-state index contributed by atoms with van der Waals surface area (Å²) in [5.74, 6) is 2.37. The second-order valence-corrected chi connectivity index (χ2v) is 7.51. The Labute approximate surface area is 161 Å². The summed E-state index contributed by atoms with van der Waals surface area (Å²) in [6.45, 7) is 10.2. The Morgan fingerprint density at radius 3 is 1.70 bits per heavy atom. The second-order valence-electron chi connectivity index (χ2n) is 7.51. The van der Waals surface area contributed by atoms with Crippen LogP contribution in [0.15, 0.2) is 48.5 Å².